The number of carbonyl (C=O) groups is 1. The van der Waals surface area contributed by atoms with Gasteiger partial charge in [-0.3, -0.25) is 4.40 Å². The third kappa shape index (κ3) is 4.76. The molecule has 0 saturated heterocycles. The minimum Gasteiger partial charge on any atom is -0.497 e. The molecule has 0 fully saturated rings. The van der Waals surface area contributed by atoms with Crippen LogP contribution in [-0.2, 0) is 4.74 Å². The summed E-state index contributed by atoms with van der Waals surface area (Å²) in [6.07, 6.45) is 8.87. The number of alkyl carbamates (subject to hydrolysis) is 1. The maximum absolute atomic E-state index is 11.8. The van der Waals surface area contributed by atoms with E-state index >= 15 is 0 Å². The molecule has 1 aliphatic rings. The molecule has 1 aliphatic carbocycles. The van der Waals surface area contributed by atoms with Crippen LogP contribution in [0.2, 0.25) is 0 Å². The Kier molecular flexibility index (Phi) is 6.30. The van der Waals surface area contributed by atoms with Crippen LogP contribution in [0.5, 0.6) is 5.75 Å². The Labute approximate surface area is 180 Å². The van der Waals surface area contributed by atoms with Crippen molar-refractivity contribution in [2.75, 3.05) is 25.5 Å². The van der Waals surface area contributed by atoms with Gasteiger partial charge in [0.2, 0.25) is 5.65 Å². The number of benzene rings is 1. The Hall–Kier alpha value is -3.62. The minimum absolute atomic E-state index is 0.420. The summed E-state index contributed by atoms with van der Waals surface area (Å²) in [7, 11) is 1.63. The highest BCUT2D eigenvalue weighted by Gasteiger charge is 2.13. The van der Waals surface area contributed by atoms with Crippen molar-refractivity contribution in [3.05, 3.63) is 48.0 Å². The van der Waals surface area contributed by atoms with E-state index in [1.165, 1.54) is 0 Å². The average Bonchev–Trinajstić information content (AvgIpc) is 3.18. The zero-order valence-electron chi connectivity index (χ0n) is 17.7. The van der Waals surface area contributed by atoms with Gasteiger partial charge < -0.3 is 20.1 Å². The van der Waals surface area contributed by atoms with Gasteiger partial charge in [0.05, 0.1) is 18.1 Å². The number of amides is 1. The summed E-state index contributed by atoms with van der Waals surface area (Å²) in [6.45, 7) is 3.14. The third-order valence-corrected chi connectivity index (χ3v) is 5.03. The molecular formula is C22H26N6O3. The van der Waals surface area contributed by atoms with Crippen LogP contribution in [0, 0.1) is 6.92 Å². The Morgan fingerprint density at radius 3 is 2.87 bits per heavy atom. The van der Waals surface area contributed by atoms with Crippen molar-refractivity contribution < 1.29 is 14.3 Å². The number of carbonyl (C=O) groups excluding carboxylic acids is 1. The zero-order chi connectivity index (χ0) is 21.6. The van der Waals surface area contributed by atoms with Gasteiger partial charge in [-0.25, -0.2) is 9.78 Å². The van der Waals surface area contributed by atoms with Gasteiger partial charge in [0.25, 0.3) is 0 Å². The number of aryl methyl sites for hydroxylation is 1. The largest absolute Gasteiger partial charge is 0.497 e. The average molecular weight is 422 g/mol. The zero-order valence-corrected chi connectivity index (χ0v) is 17.7. The highest BCUT2D eigenvalue weighted by Crippen LogP contribution is 2.25. The molecule has 31 heavy (non-hydrogen) atoms. The first-order valence-corrected chi connectivity index (χ1v) is 10.4. The Morgan fingerprint density at radius 1 is 1.19 bits per heavy atom. The summed E-state index contributed by atoms with van der Waals surface area (Å²) in [5.74, 6) is 2.82. The molecule has 162 valence electrons. The minimum atomic E-state index is -0.420. The van der Waals surface area contributed by atoms with Crippen LogP contribution in [0.25, 0.3) is 16.7 Å². The topological polar surface area (TPSA) is 103 Å². The van der Waals surface area contributed by atoms with Crippen LogP contribution in [0.15, 0.2) is 42.2 Å². The smallest absolute Gasteiger partial charge is 0.412 e. The fourth-order valence-electron chi connectivity index (χ4n) is 3.46. The predicted molar refractivity (Wildman–Crippen MR) is 118 cm³/mol. The molecule has 0 atom stereocenters. The van der Waals surface area contributed by atoms with Crippen molar-refractivity contribution in [3.63, 3.8) is 0 Å². The van der Waals surface area contributed by atoms with Gasteiger partial charge in [-0.1, -0.05) is 6.08 Å². The second-order valence-electron chi connectivity index (χ2n) is 7.26. The van der Waals surface area contributed by atoms with E-state index in [1.54, 1.807) is 7.11 Å². The molecule has 2 N–H and O–H groups in total. The Morgan fingerprint density at radius 2 is 2.06 bits per heavy atom. The Balaban J connectivity index is 1.32. The summed E-state index contributed by atoms with van der Waals surface area (Å²) in [4.78, 5) is 16.5. The van der Waals surface area contributed by atoms with Gasteiger partial charge in [0.15, 0.2) is 5.82 Å². The number of methoxy groups -OCH3 is 1. The summed E-state index contributed by atoms with van der Waals surface area (Å²) in [5.41, 5.74) is 2.41. The number of hydrogen-bond donors (Lipinski definition) is 2. The lowest BCUT2D eigenvalue weighted by molar-refractivity contribution is 0.178. The molecule has 0 aliphatic heterocycles. The van der Waals surface area contributed by atoms with Crippen LogP contribution in [0.4, 0.5) is 10.6 Å². The Bertz CT molecular complexity index is 1150. The highest BCUT2D eigenvalue weighted by atomic mass is 16.6. The normalized spacial score (nSPS) is 13.3. The van der Waals surface area contributed by atoms with Crippen LogP contribution in [0.3, 0.4) is 0 Å². The molecule has 4 rings (SSSR count). The number of allylic oxidation sites excluding steroid dienone is 3. The number of anilines is 1. The lowest BCUT2D eigenvalue weighted by Gasteiger charge is -2.11. The maximum Gasteiger partial charge on any atom is 0.412 e. The van der Waals surface area contributed by atoms with E-state index in [1.807, 2.05) is 47.8 Å². The van der Waals surface area contributed by atoms with Crippen molar-refractivity contribution in [1.82, 2.24) is 24.9 Å². The summed E-state index contributed by atoms with van der Waals surface area (Å²) in [5, 5.41) is 14.6. The van der Waals surface area contributed by atoms with Gasteiger partial charge >= 0.3 is 6.09 Å². The molecular weight excluding hydrogens is 396 g/mol. The van der Waals surface area contributed by atoms with Crippen molar-refractivity contribution >= 4 is 28.6 Å². The number of fused-ring (bicyclic) bond motifs is 3. The first-order valence-electron chi connectivity index (χ1n) is 10.4. The van der Waals surface area contributed by atoms with E-state index in [9.17, 15) is 4.79 Å². The summed E-state index contributed by atoms with van der Waals surface area (Å²) >= 11 is 0. The van der Waals surface area contributed by atoms with Crippen LogP contribution >= 0.6 is 0 Å². The van der Waals surface area contributed by atoms with E-state index in [2.05, 4.69) is 20.8 Å². The van der Waals surface area contributed by atoms with E-state index in [4.69, 9.17) is 14.5 Å². The maximum atomic E-state index is 11.8. The fourth-order valence-corrected chi connectivity index (χ4v) is 3.46. The molecule has 1 amide bonds. The van der Waals surface area contributed by atoms with Crippen LogP contribution < -0.4 is 15.4 Å². The van der Waals surface area contributed by atoms with Crippen molar-refractivity contribution in [2.24, 2.45) is 0 Å². The SMILES string of the molecule is COc1ccc2c(c1)nc(NCCCCNC(=O)OC1=CCCC=C1)c1nnc(C)n12. The summed E-state index contributed by atoms with van der Waals surface area (Å²) < 4.78 is 12.6. The second kappa shape index (κ2) is 9.46. The standard InChI is InChI=1S/C22H26N6O3/c1-15-26-27-21-20(25-18-14-17(30-2)10-11-19(18)28(15)21)23-12-6-7-13-24-22(29)31-16-8-4-3-5-9-16/h4,8-11,14H,3,5-7,12-13H2,1-2H3,(H,23,25)(H,24,29). The number of nitrogens with zero attached hydrogens (tertiary/aromatic N) is 4. The first-order chi connectivity index (χ1) is 15.2. The number of unbranched alkanes of at least 4 members (excludes halogenated alkanes) is 1. The van der Waals surface area contributed by atoms with E-state index in [-0.39, 0.29) is 0 Å². The van der Waals surface area contributed by atoms with Crippen LogP contribution in [0.1, 0.15) is 31.5 Å². The number of aromatic nitrogens is 4. The van der Waals surface area contributed by atoms with Gasteiger partial charge in [0.1, 0.15) is 17.3 Å². The van der Waals surface area contributed by atoms with Crippen LogP contribution in [-0.4, -0.2) is 45.9 Å². The molecule has 2 heterocycles. The number of ether oxygens (including phenoxy) is 2. The molecule has 0 radical (unpaired) electrons. The van der Waals surface area contributed by atoms with E-state index < -0.39 is 6.09 Å². The fraction of sp³-hybridized carbons (Fsp3) is 0.364. The number of hydrogen-bond acceptors (Lipinski definition) is 7. The quantitative estimate of drug-likeness (QED) is 0.533. The molecule has 2 aromatic heterocycles. The third-order valence-electron chi connectivity index (χ3n) is 5.03. The lowest BCUT2D eigenvalue weighted by Crippen LogP contribution is -2.25. The molecule has 0 bridgehead atoms. The van der Waals surface area contributed by atoms with Crippen molar-refractivity contribution in [1.29, 1.82) is 0 Å². The van der Waals surface area contributed by atoms with Gasteiger partial charge in [-0.05, 0) is 56.9 Å². The number of nitrogens with one attached hydrogen (secondary N) is 2. The van der Waals surface area contributed by atoms with Gasteiger partial charge in [-0.15, -0.1) is 10.2 Å². The molecule has 3 aromatic rings. The monoisotopic (exact) mass is 422 g/mol. The molecule has 0 unspecified atom stereocenters. The number of rotatable bonds is 8. The first kappa shape index (κ1) is 20.6. The molecule has 0 saturated carbocycles. The second-order valence-corrected chi connectivity index (χ2v) is 7.26. The van der Waals surface area contributed by atoms with E-state index in [0.717, 1.165) is 48.3 Å². The van der Waals surface area contributed by atoms with Crippen molar-refractivity contribution in [2.45, 2.75) is 32.6 Å². The van der Waals surface area contributed by atoms with E-state index in [0.29, 0.717) is 30.3 Å². The lowest BCUT2D eigenvalue weighted by atomic mass is 10.2. The molecule has 9 heteroatoms. The molecule has 1 aromatic carbocycles. The van der Waals surface area contributed by atoms with Crippen molar-refractivity contribution in [3.8, 4) is 5.75 Å². The van der Waals surface area contributed by atoms with Gasteiger partial charge in [0, 0.05) is 19.2 Å². The highest BCUT2D eigenvalue weighted by molar-refractivity contribution is 5.84. The predicted octanol–water partition coefficient (Wildman–Crippen LogP) is 3.75. The molecule has 9 nitrogen and oxygen atoms in total. The van der Waals surface area contributed by atoms with Gasteiger partial charge in [-0.2, -0.15) is 0 Å². The molecule has 0 spiro atoms. The summed E-state index contributed by atoms with van der Waals surface area (Å²) in [6, 6.07) is 5.75.